The SMILES string of the molecule is CCOC(=O)C1CCN(C(=NC)NCc2cccc(COC)c2)CC1.I. The van der Waals surface area contributed by atoms with Gasteiger partial charge in [-0.05, 0) is 30.9 Å². The van der Waals surface area contributed by atoms with Gasteiger partial charge in [-0.15, -0.1) is 24.0 Å². The Morgan fingerprint density at radius 1 is 1.31 bits per heavy atom. The van der Waals surface area contributed by atoms with Gasteiger partial charge in [-0.2, -0.15) is 0 Å². The second-order valence-electron chi connectivity index (χ2n) is 6.17. The van der Waals surface area contributed by atoms with E-state index in [4.69, 9.17) is 9.47 Å². The number of piperidine rings is 1. The van der Waals surface area contributed by atoms with Crippen molar-refractivity contribution >= 4 is 35.9 Å². The van der Waals surface area contributed by atoms with Crippen LogP contribution in [0.25, 0.3) is 0 Å². The van der Waals surface area contributed by atoms with Crippen LogP contribution in [-0.2, 0) is 27.4 Å². The lowest BCUT2D eigenvalue weighted by Crippen LogP contribution is -2.46. The summed E-state index contributed by atoms with van der Waals surface area (Å²) in [5.41, 5.74) is 2.35. The maximum absolute atomic E-state index is 11.8. The standard InChI is InChI=1S/C19H29N3O3.HI/c1-4-25-18(23)17-8-10-22(11-9-17)19(20-2)21-13-15-6-5-7-16(12-15)14-24-3;/h5-7,12,17H,4,8-11,13-14H2,1-3H3,(H,20,21);1H. The van der Waals surface area contributed by atoms with E-state index in [-0.39, 0.29) is 35.9 Å². The Kier molecular flexibility index (Phi) is 10.6. The minimum absolute atomic E-state index is 0. The molecule has 0 unspecified atom stereocenters. The van der Waals surface area contributed by atoms with E-state index in [2.05, 4.69) is 33.4 Å². The molecule has 0 saturated carbocycles. The average molecular weight is 475 g/mol. The van der Waals surface area contributed by atoms with Crippen molar-refractivity contribution < 1.29 is 14.3 Å². The number of carbonyl (C=O) groups excluding carboxylic acids is 1. The van der Waals surface area contributed by atoms with Gasteiger partial charge in [-0.1, -0.05) is 24.3 Å². The molecule has 0 aromatic heterocycles. The van der Waals surface area contributed by atoms with Gasteiger partial charge in [-0.25, -0.2) is 0 Å². The van der Waals surface area contributed by atoms with E-state index in [0.717, 1.165) is 37.5 Å². The van der Waals surface area contributed by atoms with Crippen LogP contribution in [0.1, 0.15) is 30.9 Å². The van der Waals surface area contributed by atoms with Crippen LogP contribution in [0.4, 0.5) is 0 Å². The topological polar surface area (TPSA) is 63.2 Å². The Bertz CT molecular complexity index is 587. The van der Waals surface area contributed by atoms with E-state index >= 15 is 0 Å². The molecule has 0 radical (unpaired) electrons. The lowest BCUT2D eigenvalue weighted by molar-refractivity contribution is -0.149. The molecule has 1 aliphatic heterocycles. The van der Waals surface area contributed by atoms with Gasteiger partial charge in [0, 0.05) is 33.8 Å². The maximum Gasteiger partial charge on any atom is 0.309 e. The summed E-state index contributed by atoms with van der Waals surface area (Å²) in [6, 6.07) is 8.32. The fourth-order valence-corrected chi connectivity index (χ4v) is 3.10. The van der Waals surface area contributed by atoms with Gasteiger partial charge in [0.05, 0.1) is 19.1 Å². The van der Waals surface area contributed by atoms with E-state index in [1.807, 2.05) is 13.0 Å². The van der Waals surface area contributed by atoms with Crippen molar-refractivity contribution in [3.05, 3.63) is 35.4 Å². The second kappa shape index (κ2) is 12.1. The number of likely N-dealkylation sites (tertiary alicyclic amines) is 1. The number of rotatable bonds is 6. The number of guanidine groups is 1. The van der Waals surface area contributed by atoms with Crippen molar-refractivity contribution in [2.45, 2.75) is 32.9 Å². The minimum atomic E-state index is -0.0694. The molecule has 6 nitrogen and oxygen atoms in total. The molecule has 0 spiro atoms. The Morgan fingerprint density at radius 3 is 2.62 bits per heavy atom. The first-order chi connectivity index (χ1) is 12.2. The number of benzene rings is 1. The Balaban J connectivity index is 0.00000338. The zero-order valence-corrected chi connectivity index (χ0v) is 18.2. The number of ether oxygens (including phenoxy) is 2. The smallest absolute Gasteiger partial charge is 0.309 e. The number of aliphatic imine (C=N–C) groups is 1. The molecule has 26 heavy (non-hydrogen) atoms. The number of esters is 1. The highest BCUT2D eigenvalue weighted by molar-refractivity contribution is 14.0. The summed E-state index contributed by atoms with van der Waals surface area (Å²) in [5, 5.41) is 3.41. The van der Waals surface area contributed by atoms with E-state index in [1.54, 1.807) is 14.2 Å². The monoisotopic (exact) mass is 475 g/mol. The fraction of sp³-hybridized carbons (Fsp3) is 0.579. The molecule has 146 valence electrons. The molecule has 1 heterocycles. The minimum Gasteiger partial charge on any atom is -0.466 e. The molecule has 1 N–H and O–H groups in total. The summed E-state index contributed by atoms with van der Waals surface area (Å²) >= 11 is 0. The Hall–Kier alpha value is -1.35. The van der Waals surface area contributed by atoms with Crippen molar-refractivity contribution in [1.29, 1.82) is 0 Å². The molecule has 0 aliphatic carbocycles. The zero-order chi connectivity index (χ0) is 18.1. The lowest BCUT2D eigenvalue weighted by atomic mass is 9.97. The Morgan fingerprint density at radius 2 is 2.00 bits per heavy atom. The predicted octanol–water partition coefficient (Wildman–Crippen LogP) is 2.80. The van der Waals surface area contributed by atoms with E-state index < -0.39 is 0 Å². The summed E-state index contributed by atoms with van der Waals surface area (Å²) in [6.07, 6.45) is 1.62. The van der Waals surface area contributed by atoms with Gasteiger partial charge in [0.25, 0.3) is 0 Å². The normalized spacial score (nSPS) is 15.3. The maximum atomic E-state index is 11.8. The highest BCUT2D eigenvalue weighted by atomic mass is 127. The van der Waals surface area contributed by atoms with Crippen molar-refractivity contribution in [2.75, 3.05) is 33.9 Å². The van der Waals surface area contributed by atoms with Gasteiger partial charge in [0.15, 0.2) is 5.96 Å². The zero-order valence-electron chi connectivity index (χ0n) is 15.9. The first-order valence-corrected chi connectivity index (χ1v) is 8.87. The highest BCUT2D eigenvalue weighted by Gasteiger charge is 2.27. The van der Waals surface area contributed by atoms with Crippen molar-refractivity contribution in [3.63, 3.8) is 0 Å². The molecule has 2 rings (SSSR count). The number of hydrogen-bond acceptors (Lipinski definition) is 4. The molecule has 0 amide bonds. The van der Waals surface area contributed by atoms with Crippen LogP contribution in [-0.4, -0.2) is 50.7 Å². The average Bonchev–Trinajstić information content (AvgIpc) is 2.63. The quantitative estimate of drug-likeness (QED) is 0.297. The van der Waals surface area contributed by atoms with Crippen LogP contribution in [0.2, 0.25) is 0 Å². The first-order valence-electron chi connectivity index (χ1n) is 8.87. The van der Waals surface area contributed by atoms with Crippen LogP contribution in [0, 0.1) is 5.92 Å². The summed E-state index contributed by atoms with van der Waals surface area (Å²) < 4.78 is 10.3. The largest absolute Gasteiger partial charge is 0.466 e. The van der Waals surface area contributed by atoms with Crippen molar-refractivity contribution in [2.24, 2.45) is 10.9 Å². The molecule has 7 heteroatoms. The van der Waals surface area contributed by atoms with Crippen LogP contribution < -0.4 is 5.32 Å². The van der Waals surface area contributed by atoms with Crippen LogP contribution in [0.15, 0.2) is 29.3 Å². The third-order valence-corrected chi connectivity index (χ3v) is 4.38. The first kappa shape index (κ1) is 22.7. The third kappa shape index (κ3) is 6.75. The molecule has 1 aliphatic rings. The third-order valence-electron chi connectivity index (χ3n) is 4.38. The molecule has 1 saturated heterocycles. The molecule has 1 aromatic carbocycles. The van der Waals surface area contributed by atoms with Gasteiger partial charge >= 0.3 is 5.97 Å². The van der Waals surface area contributed by atoms with E-state index in [0.29, 0.717) is 19.8 Å². The molecule has 0 bridgehead atoms. The summed E-state index contributed by atoms with van der Waals surface area (Å²) in [6.45, 7) is 5.25. The second-order valence-corrected chi connectivity index (χ2v) is 6.17. The summed E-state index contributed by atoms with van der Waals surface area (Å²) in [4.78, 5) is 18.4. The van der Waals surface area contributed by atoms with Gasteiger partial charge in [-0.3, -0.25) is 9.79 Å². The number of halogens is 1. The number of methoxy groups -OCH3 is 1. The number of carbonyl (C=O) groups is 1. The van der Waals surface area contributed by atoms with Crippen molar-refractivity contribution in [3.8, 4) is 0 Å². The molecule has 1 fully saturated rings. The van der Waals surface area contributed by atoms with Crippen LogP contribution in [0.3, 0.4) is 0 Å². The predicted molar refractivity (Wildman–Crippen MR) is 114 cm³/mol. The van der Waals surface area contributed by atoms with Crippen molar-refractivity contribution in [1.82, 2.24) is 10.2 Å². The van der Waals surface area contributed by atoms with Gasteiger partial charge < -0.3 is 19.7 Å². The van der Waals surface area contributed by atoms with E-state index in [1.165, 1.54) is 5.56 Å². The number of nitrogens with one attached hydrogen (secondary N) is 1. The summed E-state index contributed by atoms with van der Waals surface area (Å²) in [5.74, 6) is 0.819. The number of nitrogens with zero attached hydrogens (tertiary/aromatic N) is 2. The number of hydrogen-bond donors (Lipinski definition) is 1. The lowest BCUT2D eigenvalue weighted by Gasteiger charge is -2.33. The van der Waals surface area contributed by atoms with E-state index in [9.17, 15) is 4.79 Å². The highest BCUT2D eigenvalue weighted by Crippen LogP contribution is 2.19. The van der Waals surface area contributed by atoms with Gasteiger partial charge in [0.1, 0.15) is 0 Å². The molecular formula is C19H30IN3O3. The van der Waals surface area contributed by atoms with Crippen LogP contribution >= 0.6 is 24.0 Å². The molecular weight excluding hydrogens is 445 g/mol. The fourth-order valence-electron chi connectivity index (χ4n) is 3.10. The molecule has 1 aromatic rings. The Labute approximate surface area is 173 Å². The molecule has 0 atom stereocenters. The summed E-state index contributed by atoms with van der Waals surface area (Å²) in [7, 11) is 3.49. The van der Waals surface area contributed by atoms with Gasteiger partial charge in [0.2, 0.25) is 0 Å². The van der Waals surface area contributed by atoms with Crippen LogP contribution in [0.5, 0.6) is 0 Å².